The van der Waals surface area contributed by atoms with Gasteiger partial charge < -0.3 is 20.3 Å². The molecule has 0 spiro atoms. The van der Waals surface area contributed by atoms with Gasteiger partial charge in [0.2, 0.25) is 5.91 Å². The van der Waals surface area contributed by atoms with Crippen molar-refractivity contribution < 1.29 is 19.1 Å². The molecule has 0 aliphatic carbocycles. The van der Waals surface area contributed by atoms with Gasteiger partial charge in [-0.25, -0.2) is 4.79 Å². The van der Waals surface area contributed by atoms with Gasteiger partial charge >= 0.3 is 6.09 Å². The lowest BCUT2D eigenvalue weighted by Gasteiger charge is -2.32. The SMILES string of the molecule is Cc1cccc(Cl)c1NC(=O)C(c1ccccc1)N(C)C(=O)C(Cc1ccccc1)NC(=O)OC(C)(C)C. The molecule has 2 unspecified atom stereocenters. The number of ether oxygens (including phenoxy) is 1. The first-order chi connectivity index (χ1) is 18.0. The highest BCUT2D eigenvalue weighted by Crippen LogP contribution is 2.29. The fourth-order valence-electron chi connectivity index (χ4n) is 4.04. The van der Waals surface area contributed by atoms with E-state index in [1.807, 2.05) is 49.4 Å². The Bertz CT molecular complexity index is 1240. The molecule has 0 radical (unpaired) electrons. The van der Waals surface area contributed by atoms with Crippen molar-refractivity contribution in [2.45, 2.75) is 51.8 Å². The Morgan fingerprint density at radius 1 is 0.921 bits per heavy atom. The third kappa shape index (κ3) is 7.83. The highest BCUT2D eigenvalue weighted by molar-refractivity contribution is 6.34. The van der Waals surface area contributed by atoms with Crippen LogP contribution in [-0.4, -0.2) is 41.5 Å². The molecule has 3 rings (SSSR count). The van der Waals surface area contributed by atoms with Crippen LogP contribution >= 0.6 is 11.6 Å². The maximum absolute atomic E-state index is 13.9. The van der Waals surface area contributed by atoms with Gasteiger partial charge in [0.1, 0.15) is 17.7 Å². The zero-order valence-corrected chi connectivity index (χ0v) is 23.1. The van der Waals surface area contributed by atoms with E-state index in [1.165, 1.54) is 4.90 Å². The minimum Gasteiger partial charge on any atom is -0.444 e. The summed E-state index contributed by atoms with van der Waals surface area (Å²) in [6.45, 7) is 7.09. The number of amides is 3. The first-order valence-corrected chi connectivity index (χ1v) is 12.7. The average Bonchev–Trinajstić information content (AvgIpc) is 2.86. The molecule has 0 heterocycles. The van der Waals surface area contributed by atoms with Crippen molar-refractivity contribution in [3.63, 3.8) is 0 Å². The number of carbonyl (C=O) groups excluding carboxylic acids is 3. The lowest BCUT2D eigenvalue weighted by atomic mass is 10.0. The van der Waals surface area contributed by atoms with E-state index in [-0.39, 0.29) is 6.42 Å². The molecule has 200 valence electrons. The summed E-state index contributed by atoms with van der Waals surface area (Å²) in [5.74, 6) is -0.876. The van der Waals surface area contributed by atoms with Crippen molar-refractivity contribution in [3.8, 4) is 0 Å². The summed E-state index contributed by atoms with van der Waals surface area (Å²) < 4.78 is 5.42. The molecule has 38 heavy (non-hydrogen) atoms. The maximum atomic E-state index is 13.9. The number of halogens is 1. The number of hydrogen-bond acceptors (Lipinski definition) is 4. The summed E-state index contributed by atoms with van der Waals surface area (Å²) in [6, 6.07) is 21.7. The van der Waals surface area contributed by atoms with Crippen LogP contribution in [0.4, 0.5) is 10.5 Å². The van der Waals surface area contributed by atoms with E-state index in [4.69, 9.17) is 16.3 Å². The van der Waals surface area contributed by atoms with Gasteiger partial charge in [0.15, 0.2) is 0 Å². The summed E-state index contributed by atoms with van der Waals surface area (Å²) in [5.41, 5.74) is 1.99. The van der Waals surface area contributed by atoms with Crippen LogP contribution < -0.4 is 10.6 Å². The molecule has 3 aromatic rings. The monoisotopic (exact) mass is 535 g/mol. The number of benzene rings is 3. The normalized spacial score (nSPS) is 12.7. The van der Waals surface area contributed by atoms with Crippen LogP contribution in [0.25, 0.3) is 0 Å². The van der Waals surface area contributed by atoms with Crippen molar-refractivity contribution in [1.29, 1.82) is 0 Å². The summed E-state index contributed by atoms with van der Waals surface area (Å²) in [5, 5.41) is 6.00. The van der Waals surface area contributed by atoms with Crippen molar-refractivity contribution in [2.75, 3.05) is 12.4 Å². The van der Waals surface area contributed by atoms with E-state index in [1.54, 1.807) is 64.2 Å². The van der Waals surface area contributed by atoms with Crippen molar-refractivity contribution in [2.24, 2.45) is 0 Å². The van der Waals surface area contributed by atoms with Crippen molar-refractivity contribution in [3.05, 3.63) is 101 Å². The molecule has 2 N–H and O–H groups in total. The zero-order valence-electron chi connectivity index (χ0n) is 22.3. The number of anilines is 1. The van der Waals surface area contributed by atoms with Crippen molar-refractivity contribution >= 4 is 35.2 Å². The number of alkyl carbamates (subject to hydrolysis) is 1. The average molecular weight is 536 g/mol. The molecular weight excluding hydrogens is 502 g/mol. The van der Waals surface area contributed by atoms with Crippen LogP contribution in [0.2, 0.25) is 5.02 Å². The van der Waals surface area contributed by atoms with E-state index >= 15 is 0 Å². The smallest absolute Gasteiger partial charge is 0.408 e. The number of nitrogens with zero attached hydrogens (tertiary/aromatic N) is 1. The number of carbonyl (C=O) groups is 3. The molecular formula is C30H34ClN3O4. The molecule has 0 aromatic heterocycles. The molecule has 8 heteroatoms. The third-order valence-electron chi connectivity index (χ3n) is 5.84. The predicted molar refractivity (Wildman–Crippen MR) is 150 cm³/mol. The summed E-state index contributed by atoms with van der Waals surface area (Å²) in [7, 11) is 1.55. The van der Waals surface area contributed by atoms with Crippen LogP contribution in [0.3, 0.4) is 0 Å². The van der Waals surface area contributed by atoms with Crippen LogP contribution in [-0.2, 0) is 20.7 Å². The van der Waals surface area contributed by atoms with Gasteiger partial charge in [-0.2, -0.15) is 0 Å². The summed E-state index contributed by atoms with van der Waals surface area (Å²) >= 11 is 6.36. The Hall–Kier alpha value is -3.84. The Balaban J connectivity index is 1.94. The second-order valence-electron chi connectivity index (χ2n) is 10.1. The molecule has 0 aliphatic rings. The highest BCUT2D eigenvalue weighted by Gasteiger charge is 2.34. The number of para-hydroxylation sites is 1. The first-order valence-electron chi connectivity index (χ1n) is 12.4. The molecule has 0 aliphatic heterocycles. The molecule has 0 fully saturated rings. The number of likely N-dealkylation sites (N-methyl/N-ethyl adjacent to an activating group) is 1. The molecule has 0 bridgehead atoms. The first kappa shape index (κ1) is 28.7. The molecule has 7 nitrogen and oxygen atoms in total. The molecule has 3 amide bonds. The summed E-state index contributed by atoms with van der Waals surface area (Å²) in [4.78, 5) is 41.6. The Morgan fingerprint density at radius 3 is 2.11 bits per heavy atom. The van der Waals surface area contributed by atoms with E-state index in [0.29, 0.717) is 16.3 Å². The Kier molecular flexibility index (Phi) is 9.53. The topological polar surface area (TPSA) is 87.7 Å². The minimum absolute atomic E-state index is 0.218. The standard InChI is InChI=1S/C30H34ClN3O4/c1-20-13-12-18-23(31)25(20)33-27(35)26(22-16-10-7-11-17-22)34(5)28(36)24(19-21-14-8-6-9-15-21)32-29(37)38-30(2,3)4/h6-18,24,26H,19H2,1-5H3,(H,32,37)(H,33,35). The number of rotatable bonds is 8. The maximum Gasteiger partial charge on any atom is 0.408 e. The quantitative estimate of drug-likeness (QED) is 0.374. The number of nitrogens with one attached hydrogen (secondary N) is 2. The van der Waals surface area contributed by atoms with Gasteiger partial charge in [0, 0.05) is 13.5 Å². The molecule has 3 aromatic carbocycles. The van der Waals surface area contributed by atoms with E-state index in [0.717, 1.165) is 11.1 Å². The van der Waals surface area contributed by atoms with Crippen LogP contribution in [0.5, 0.6) is 0 Å². The van der Waals surface area contributed by atoms with Gasteiger partial charge in [-0.15, -0.1) is 0 Å². The lowest BCUT2D eigenvalue weighted by Crippen LogP contribution is -2.52. The molecule has 0 saturated carbocycles. The Labute approximate surface area is 229 Å². The summed E-state index contributed by atoms with van der Waals surface area (Å²) in [6.07, 6.45) is -0.497. The fourth-order valence-corrected chi connectivity index (χ4v) is 4.31. The van der Waals surface area contributed by atoms with E-state index < -0.39 is 35.6 Å². The largest absolute Gasteiger partial charge is 0.444 e. The third-order valence-corrected chi connectivity index (χ3v) is 6.16. The highest BCUT2D eigenvalue weighted by atomic mass is 35.5. The second kappa shape index (κ2) is 12.6. The molecule has 0 saturated heterocycles. The number of aryl methyl sites for hydroxylation is 1. The molecule has 2 atom stereocenters. The predicted octanol–water partition coefficient (Wildman–Crippen LogP) is 5.92. The van der Waals surface area contributed by atoms with Gasteiger partial charge in [0.05, 0.1) is 10.7 Å². The van der Waals surface area contributed by atoms with Crippen molar-refractivity contribution in [1.82, 2.24) is 10.2 Å². The zero-order chi connectivity index (χ0) is 27.9. The lowest BCUT2D eigenvalue weighted by molar-refractivity contribution is -0.139. The second-order valence-corrected chi connectivity index (χ2v) is 10.5. The fraction of sp³-hybridized carbons (Fsp3) is 0.300. The van der Waals surface area contributed by atoms with Gasteiger partial charge in [-0.3, -0.25) is 9.59 Å². The van der Waals surface area contributed by atoms with Crippen LogP contribution in [0, 0.1) is 6.92 Å². The Morgan fingerprint density at radius 2 is 1.53 bits per heavy atom. The van der Waals surface area contributed by atoms with Crippen LogP contribution in [0.1, 0.15) is 43.5 Å². The van der Waals surface area contributed by atoms with Gasteiger partial charge in [0.25, 0.3) is 5.91 Å². The van der Waals surface area contributed by atoms with E-state index in [2.05, 4.69) is 10.6 Å². The number of hydrogen-bond donors (Lipinski definition) is 2. The minimum atomic E-state index is -0.988. The van der Waals surface area contributed by atoms with Crippen LogP contribution in [0.15, 0.2) is 78.9 Å². The van der Waals surface area contributed by atoms with Gasteiger partial charge in [-0.05, 0) is 50.5 Å². The van der Waals surface area contributed by atoms with Gasteiger partial charge in [-0.1, -0.05) is 84.4 Å². The van der Waals surface area contributed by atoms with E-state index in [9.17, 15) is 14.4 Å².